The van der Waals surface area contributed by atoms with Crippen molar-refractivity contribution in [3.8, 4) is 5.75 Å². The molecule has 1 aliphatic heterocycles. The maximum Gasteiger partial charge on any atom is 0.261 e. The first-order valence-electron chi connectivity index (χ1n) is 10.0. The number of imide groups is 1. The Kier molecular flexibility index (Phi) is 5.80. The number of nitrogens with zero attached hydrogens (tertiary/aromatic N) is 1. The van der Waals surface area contributed by atoms with Crippen molar-refractivity contribution < 1.29 is 19.1 Å². The molecule has 4 rings (SSSR count). The molecule has 0 saturated heterocycles. The quantitative estimate of drug-likeness (QED) is 0.600. The predicted molar refractivity (Wildman–Crippen MR) is 116 cm³/mol. The molecule has 3 aromatic rings. The summed E-state index contributed by atoms with van der Waals surface area (Å²) in [6.07, 6.45) is 0.0188. The number of nitrogens with one attached hydrogen (secondary N) is 1. The van der Waals surface area contributed by atoms with Gasteiger partial charge in [-0.2, -0.15) is 0 Å². The molecule has 0 unspecified atom stereocenters. The van der Waals surface area contributed by atoms with Crippen molar-refractivity contribution in [2.45, 2.75) is 12.5 Å². The topological polar surface area (TPSA) is 75.7 Å². The standard InChI is InChI=1S/C25H22N2O4/c1-31-19-13-11-18(12-14-19)23(17-7-3-2-4-8-17)26-22(28)15-16-27-24(29)20-9-5-6-10-21(20)25(27)30/h2-14,23H,15-16H2,1H3,(H,26,28)/t23-/m0/s1. The Morgan fingerprint density at radius 3 is 1.97 bits per heavy atom. The molecule has 0 saturated carbocycles. The lowest BCUT2D eigenvalue weighted by Gasteiger charge is -2.21. The summed E-state index contributed by atoms with van der Waals surface area (Å²) in [7, 11) is 1.60. The molecule has 3 aromatic carbocycles. The zero-order valence-electron chi connectivity index (χ0n) is 17.1. The van der Waals surface area contributed by atoms with Crippen LogP contribution in [0.3, 0.4) is 0 Å². The van der Waals surface area contributed by atoms with Crippen LogP contribution in [0.1, 0.15) is 44.3 Å². The molecular formula is C25H22N2O4. The summed E-state index contributed by atoms with van der Waals surface area (Å²) in [5.74, 6) is -0.236. The van der Waals surface area contributed by atoms with Gasteiger partial charge in [0.2, 0.25) is 5.91 Å². The Labute approximate surface area is 180 Å². The largest absolute Gasteiger partial charge is 0.497 e. The summed E-state index contributed by atoms with van der Waals surface area (Å²) < 4.78 is 5.22. The maximum atomic E-state index is 12.8. The molecule has 1 N–H and O–H groups in total. The minimum absolute atomic E-state index is 0.0188. The van der Waals surface area contributed by atoms with E-state index in [-0.39, 0.29) is 36.7 Å². The second-order valence-electron chi connectivity index (χ2n) is 7.24. The van der Waals surface area contributed by atoms with Gasteiger partial charge >= 0.3 is 0 Å². The van der Waals surface area contributed by atoms with Gasteiger partial charge in [-0.25, -0.2) is 0 Å². The zero-order chi connectivity index (χ0) is 21.8. The summed E-state index contributed by atoms with van der Waals surface area (Å²) in [6, 6.07) is 23.5. The fraction of sp³-hybridized carbons (Fsp3) is 0.160. The second-order valence-corrected chi connectivity index (χ2v) is 7.24. The van der Waals surface area contributed by atoms with Crippen molar-refractivity contribution in [1.29, 1.82) is 0 Å². The van der Waals surface area contributed by atoms with Crippen molar-refractivity contribution in [2.24, 2.45) is 0 Å². The number of ether oxygens (including phenoxy) is 1. The van der Waals surface area contributed by atoms with Crippen LogP contribution in [-0.4, -0.2) is 36.3 Å². The normalized spacial score (nSPS) is 13.6. The summed E-state index contributed by atoms with van der Waals surface area (Å²) in [6.45, 7) is 0.0301. The molecule has 0 fully saturated rings. The van der Waals surface area contributed by atoms with E-state index in [2.05, 4.69) is 5.32 Å². The number of fused-ring (bicyclic) bond motifs is 1. The van der Waals surface area contributed by atoms with Crippen LogP contribution >= 0.6 is 0 Å². The lowest BCUT2D eigenvalue weighted by atomic mass is 9.98. The highest BCUT2D eigenvalue weighted by Crippen LogP contribution is 2.25. The lowest BCUT2D eigenvalue weighted by molar-refractivity contribution is -0.121. The van der Waals surface area contributed by atoms with E-state index in [0.29, 0.717) is 11.1 Å². The van der Waals surface area contributed by atoms with Crippen molar-refractivity contribution >= 4 is 17.7 Å². The Bertz CT molecular complexity index is 1070. The van der Waals surface area contributed by atoms with E-state index in [9.17, 15) is 14.4 Å². The van der Waals surface area contributed by atoms with Gasteiger partial charge in [-0.05, 0) is 35.4 Å². The highest BCUT2D eigenvalue weighted by atomic mass is 16.5. The predicted octanol–water partition coefficient (Wildman–Crippen LogP) is 3.59. The van der Waals surface area contributed by atoms with Gasteiger partial charge in [0.25, 0.3) is 11.8 Å². The minimum Gasteiger partial charge on any atom is -0.497 e. The molecule has 0 radical (unpaired) electrons. The van der Waals surface area contributed by atoms with Gasteiger partial charge in [0.1, 0.15) is 5.75 Å². The van der Waals surface area contributed by atoms with Gasteiger partial charge < -0.3 is 10.1 Å². The fourth-order valence-corrected chi connectivity index (χ4v) is 3.69. The molecule has 1 heterocycles. The Morgan fingerprint density at radius 1 is 0.839 bits per heavy atom. The van der Waals surface area contributed by atoms with E-state index >= 15 is 0 Å². The molecule has 0 aliphatic carbocycles. The number of carbonyl (C=O) groups excluding carboxylic acids is 3. The lowest BCUT2D eigenvalue weighted by Crippen LogP contribution is -2.36. The first kappa shape index (κ1) is 20.3. The van der Waals surface area contributed by atoms with Gasteiger partial charge in [0.05, 0.1) is 24.3 Å². The van der Waals surface area contributed by atoms with Crippen molar-refractivity contribution in [1.82, 2.24) is 10.2 Å². The minimum atomic E-state index is -0.359. The highest BCUT2D eigenvalue weighted by molar-refractivity contribution is 6.21. The molecule has 0 spiro atoms. The Morgan fingerprint density at radius 2 is 1.39 bits per heavy atom. The van der Waals surface area contributed by atoms with Crippen LogP contribution in [0.15, 0.2) is 78.9 Å². The summed E-state index contributed by atoms with van der Waals surface area (Å²) in [5, 5.41) is 3.03. The van der Waals surface area contributed by atoms with Gasteiger partial charge in [0.15, 0.2) is 0 Å². The number of methoxy groups -OCH3 is 1. The number of benzene rings is 3. The Balaban J connectivity index is 1.47. The molecule has 31 heavy (non-hydrogen) atoms. The molecule has 156 valence electrons. The number of hydrogen-bond acceptors (Lipinski definition) is 4. The summed E-state index contributed by atoms with van der Waals surface area (Å²) in [5.41, 5.74) is 2.60. The van der Waals surface area contributed by atoms with Crippen LogP contribution in [0, 0.1) is 0 Å². The van der Waals surface area contributed by atoms with Crippen LogP contribution in [0.2, 0.25) is 0 Å². The van der Waals surface area contributed by atoms with Crippen LogP contribution in [0.5, 0.6) is 5.75 Å². The molecule has 1 atom stereocenters. The molecule has 1 aliphatic rings. The van der Waals surface area contributed by atoms with E-state index in [1.54, 1.807) is 31.4 Å². The van der Waals surface area contributed by atoms with Gasteiger partial charge in [-0.1, -0.05) is 54.6 Å². The van der Waals surface area contributed by atoms with Crippen LogP contribution in [-0.2, 0) is 4.79 Å². The van der Waals surface area contributed by atoms with Gasteiger partial charge in [0, 0.05) is 13.0 Å². The highest BCUT2D eigenvalue weighted by Gasteiger charge is 2.35. The third-order valence-corrected chi connectivity index (χ3v) is 5.33. The maximum absolute atomic E-state index is 12.8. The third kappa shape index (κ3) is 4.19. The van der Waals surface area contributed by atoms with Crippen molar-refractivity contribution in [2.75, 3.05) is 13.7 Å². The summed E-state index contributed by atoms with van der Waals surface area (Å²) in [4.78, 5) is 38.9. The zero-order valence-corrected chi connectivity index (χ0v) is 17.1. The second kappa shape index (κ2) is 8.83. The van der Waals surface area contributed by atoms with Crippen molar-refractivity contribution in [3.63, 3.8) is 0 Å². The monoisotopic (exact) mass is 414 g/mol. The fourth-order valence-electron chi connectivity index (χ4n) is 3.69. The van der Waals surface area contributed by atoms with E-state index < -0.39 is 0 Å². The first-order chi connectivity index (χ1) is 15.1. The number of amides is 3. The van der Waals surface area contributed by atoms with Gasteiger partial charge in [-0.3, -0.25) is 19.3 Å². The molecule has 0 bridgehead atoms. The van der Waals surface area contributed by atoms with Crippen LogP contribution < -0.4 is 10.1 Å². The number of hydrogen-bond donors (Lipinski definition) is 1. The van der Waals surface area contributed by atoms with Gasteiger partial charge in [-0.15, -0.1) is 0 Å². The van der Waals surface area contributed by atoms with E-state index in [1.807, 2.05) is 54.6 Å². The SMILES string of the molecule is COc1ccc([C@@H](NC(=O)CCN2C(=O)c3ccccc3C2=O)c2ccccc2)cc1. The van der Waals surface area contributed by atoms with E-state index in [0.717, 1.165) is 21.8 Å². The van der Waals surface area contributed by atoms with Crippen LogP contribution in [0.4, 0.5) is 0 Å². The summed E-state index contributed by atoms with van der Waals surface area (Å²) >= 11 is 0. The van der Waals surface area contributed by atoms with Crippen LogP contribution in [0.25, 0.3) is 0 Å². The van der Waals surface area contributed by atoms with E-state index in [4.69, 9.17) is 4.74 Å². The molecule has 6 nitrogen and oxygen atoms in total. The third-order valence-electron chi connectivity index (χ3n) is 5.33. The Hall–Kier alpha value is -3.93. The smallest absolute Gasteiger partial charge is 0.261 e. The average molecular weight is 414 g/mol. The molecule has 3 amide bonds. The molecule has 6 heteroatoms. The molecule has 0 aromatic heterocycles. The molecular weight excluding hydrogens is 392 g/mol. The van der Waals surface area contributed by atoms with E-state index in [1.165, 1.54) is 0 Å². The van der Waals surface area contributed by atoms with Crippen molar-refractivity contribution in [3.05, 3.63) is 101 Å². The number of carbonyl (C=O) groups is 3. The average Bonchev–Trinajstić information content (AvgIpc) is 3.06. The number of rotatable bonds is 7. The first-order valence-corrected chi connectivity index (χ1v) is 10.0.